The highest BCUT2D eigenvalue weighted by Crippen LogP contribution is 2.64. The molecule has 7 aromatic carbocycles. The smallest absolute Gasteiger partial charge is 0.164 e. The third-order valence-electron chi connectivity index (χ3n) is 11.3. The van der Waals surface area contributed by atoms with Crippen molar-refractivity contribution in [3.05, 3.63) is 198 Å². The van der Waals surface area contributed by atoms with E-state index in [1.807, 2.05) is 66.9 Å². The van der Waals surface area contributed by atoms with Gasteiger partial charge in [0.15, 0.2) is 17.5 Å². The average Bonchev–Trinajstić information content (AvgIpc) is 3.90. The van der Waals surface area contributed by atoms with E-state index in [0.29, 0.717) is 24.0 Å². The first kappa shape index (κ1) is 31.3. The van der Waals surface area contributed by atoms with Crippen molar-refractivity contribution in [3.8, 4) is 67.5 Å². The maximum absolute atomic E-state index is 6.14. The zero-order valence-electron chi connectivity index (χ0n) is 29.8. The fourth-order valence-corrected chi connectivity index (χ4v) is 8.99. The molecule has 0 bridgehead atoms. The van der Waals surface area contributed by atoms with Gasteiger partial charge in [0.25, 0.3) is 0 Å². The molecule has 9 aromatic rings. The Kier molecular flexibility index (Phi) is 6.92. The second-order valence-electron chi connectivity index (χ2n) is 14.2. The molecular weight excluding hydrogens is 673 g/mol. The normalized spacial score (nSPS) is 13.0. The molecule has 0 radical (unpaired) electrons. The lowest BCUT2D eigenvalue weighted by Crippen LogP contribution is -2.25. The van der Waals surface area contributed by atoms with E-state index in [1.165, 1.54) is 44.5 Å². The highest BCUT2D eigenvalue weighted by atomic mass is 16.3. The predicted octanol–water partition coefficient (Wildman–Crippen LogP) is 11.8. The minimum absolute atomic E-state index is 0.490. The summed E-state index contributed by atoms with van der Waals surface area (Å²) in [6.45, 7) is 4.31. The number of rotatable bonds is 6. The molecule has 5 nitrogen and oxygen atoms in total. The molecule has 2 aliphatic carbocycles. The summed E-state index contributed by atoms with van der Waals surface area (Å²) in [6.07, 6.45) is 1.84. The van der Waals surface area contributed by atoms with Gasteiger partial charge in [0.2, 0.25) is 0 Å². The number of nitrogens with zero attached hydrogens (tertiary/aromatic N) is 4. The Morgan fingerprint density at radius 2 is 1.00 bits per heavy atom. The fraction of sp³-hybridized carbons (Fsp3) is 0.0400. The molecular formula is C50H32N4O. The monoisotopic (exact) mass is 704 g/mol. The van der Waals surface area contributed by atoms with Gasteiger partial charge in [-0.1, -0.05) is 152 Å². The average molecular weight is 705 g/mol. The summed E-state index contributed by atoms with van der Waals surface area (Å²) in [7, 11) is 0. The molecule has 0 fully saturated rings. The first-order valence-corrected chi connectivity index (χ1v) is 18.5. The van der Waals surface area contributed by atoms with Crippen LogP contribution in [-0.2, 0) is 12.0 Å². The third kappa shape index (κ3) is 4.60. The van der Waals surface area contributed by atoms with Crippen molar-refractivity contribution in [1.82, 2.24) is 15.0 Å². The summed E-state index contributed by atoms with van der Waals surface area (Å²) < 4.78 is 6.14. The van der Waals surface area contributed by atoms with Gasteiger partial charge < -0.3 is 4.42 Å². The van der Waals surface area contributed by atoms with Gasteiger partial charge in [-0.3, -0.25) is 4.99 Å². The molecule has 55 heavy (non-hydrogen) atoms. The van der Waals surface area contributed by atoms with Crippen LogP contribution in [0.1, 0.15) is 27.8 Å². The number of hydrogen-bond acceptors (Lipinski definition) is 5. The lowest BCUT2D eigenvalue weighted by molar-refractivity contribution is 0.610. The Morgan fingerprint density at radius 3 is 1.60 bits per heavy atom. The topological polar surface area (TPSA) is 64.2 Å². The first-order chi connectivity index (χ1) is 27.2. The molecule has 1 spiro atoms. The number of benzene rings is 7. The highest BCUT2D eigenvalue weighted by molar-refractivity contribution is 6.06. The molecule has 0 atom stereocenters. The summed E-state index contributed by atoms with van der Waals surface area (Å²) in [6, 6.07) is 57.9. The first-order valence-electron chi connectivity index (χ1n) is 18.5. The predicted molar refractivity (Wildman–Crippen MR) is 221 cm³/mol. The van der Waals surface area contributed by atoms with Crippen molar-refractivity contribution in [2.24, 2.45) is 4.99 Å². The van der Waals surface area contributed by atoms with E-state index in [4.69, 9.17) is 19.4 Å². The molecule has 2 heterocycles. The van der Waals surface area contributed by atoms with Crippen LogP contribution in [0.5, 0.6) is 0 Å². The molecule has 0 N–H and O–H groups in total. The van der Waals surface area contributed by atoms with Gasteiger partial charge in [-0.2, -0.15) is 0 Å². The second-order valence-corrected chi connectivity index (χ2v) is 14.2. The SMILES string of the molecule is C=NCc1coc2ccc3c(c12)-c1ccc(-c2ccc(-c4nc(-c5ccccc5)nc(-c5ccccc5)n4)cc2)cc1C31c2ccccc2-c2ccccc21. The van der Waals surface area contributed by atoms with E-state index < -0.39 is 5.41 Å². The van der Waals surface area contributed by atoms with Crippen molar-refractivity contribution >= 4 is 17.7 Å². The minimum Gasteiger partial charge on any atom is -0.464 e. The summed E-state index contributed by atoms with van der Waals surface area (Å²) in [4.78, 5) is 19.1. The molecule has 5 heteroatoms. The number of aromatic nitrogens is 3. The molecule has 258 valence electrons. The number of fused-ring (bicyclic) bond motifs is 12. The molecule has 0 amide bonds. The highest BCUT2D eigenvalue weighted by Gasteiger charge is 2.52. The van der Waals surface area contributed by atoms with E-state index in [9.17, 15) is 0 Å². The van der Waals surface area contributed by atoms with Gasteiger partial charge in [-0.25, -0.2) is 15.0 Å². The molecule has 11 rings (SSSR count). The van der Waals surface area contributed by atoms with Gasteiger partial charge in [-0.15, -0.1) is 0 Å². The molecule has 2 aliphatic rings. The van der Waals surface area contributed by atoms with Crippen molar-refractivity contribution in [1.29, 1.82) is 0 Å². The Bertz CT molecular complexity index is 2860. The Morgan fingerprint density at radius 1 is 0.473 bits per heavy atom. The quantitative estimate of drug-likeness (QED) is 0.162. The van der Waals surface area contributed by atoms with Crippen molar-refractivity contribution in [3.63, 3.8) is 0 Å². The second kappa shape index (κ2) is 12.2. The largest absolute Gasteiger partial charge is 0.464 e. The fourth-order valence-electron chi connectivity index (χ4n) is 8.99. The van der Waals surface area contributed by atoms with Gasteiger partial charge in [0, 0.05) is 27.6 Å². The zero-order chi connectivity index (χ0) is 36.5. The Balaban J connectivity index is 1.09. The molecule has 0 saturated heterocycles. The minimum atomic E-state index is -0.495. The van der Waals surface area contributed by atoms with Crippen LogP contribution in [0.2, 0.25) is 0 Å². The molecule has 2 aromatic heterocycles. The van der Waals surface area contributed by atoms with Crippen molar-refractivity contribution in [2.75, 3.05) is 0 Å². The zero-order valence-corrected chi connectivity index (χ0v) is 29.8. The van der Waals surface area contributed by atoms with Gasteiger partial charge >= 0.3 is 0 Å². The number of furan rings is 1. The van der Waals surface area contributed by atoms with E-state index >= 15 is 0 Å². The maximum Gasteiger partial charge on any atom is 0.164 e. The van der Waals surface area contributed by atoms with Crippen LogP contribution in [0.4, 0.5) is 0 Å². The standard InChI is InChI=1S/C50H32N4O/c1-51-29-36-30-55-44-27-26-42-46(45(36)44)39-25-24-35(28-43(39)50(42)40-18-10-8-16-37(40)38-17-9-11-19-41(38)50)31-20-22-34(23-21-31)49-53-47(32-12-4-2-5-13-32)52-48(54-49)33-14-6-3-7-15-33/h2-28,30H,1,29H2. The van der Waals surface area contributed by atoms with Gasteiger partial charge in [-0.05, 0) is 74.5 Å². The summed E-state index contributed by atoms with van der Waals surface area (Å²) in [5.41, 5.74) is 16.6. The van der Waals surface area contributed by atoms with Crippen molar-refractivity contribution < 1.29 is 4.42 Å². The van der Waals surface area contributed by atoms with Crippen LogP contribution < -0.4 is 0 Å². The number of hydrogen-bond donors (Lipinski definition) is 0. The lowest BCUT2D eigenvalue weighted by Gasteiger charge is -2.30. The third-order valence-corrected chi connectivity index (χ3v) is 11.3. The van der Waals surface area contributed by atoms with E-state index in [-0.39, 0.29) is 0 Å². The van der Waals surface area contributed by atoms with Crippen LogP contribution in [-0.4, -0.2) is 21.7 Å². The Hall–Kier alpha value is -7.24. The van der Waals surface area contributed by atoms with E-state index in [0.717, 1.165) is 44.3 Å². The van der Waals surface area contributed by atoms with E-state index in [1.54, 1.807) is 0 Å². The molecule has 0 unspecified atom stereocenters. The Labute approximate surface area is 318 Å². The van der Waals surface area contributed by atoms with Crippen LogP contribution >= 0.6 is 0 Å². The maximum atomic E-state index is 6.14. The molecule has 0 aliphatic heterocycles. The molecule has 0 saturated carbocycles. The summed E-state index contributed by atoms with van der Waals surface area (Å²) >= 11 is 0. The summed E-state index contributed by atoms with van der Waals surface area (Å²) in [5.74, 6) is 1.93. The van der Waals surface area contributed by atoms with Crippen LogP contribution in [0.25, 0.3) is 78.5 Å². The van der Waals surface area contributed by atoms with Crippen molar-refractivity contribution in [2.45, 2.75) is 12.0 Å². The van der Waals surface area contributed by atoms with Crippen LogP contribution in [0.15, 0.2) is 179 Å². The van der Waals surface area contributed by atoms with Crippen LogP contribution in [0.3, 0.4) is 0 Å². The van der Waals surface area contributed by atoms with Crippen LogP contribution in [0, 0.1) is 0 Å². The lowest BCUT2D eigenvalue weighted by atomic mass is 9.70. The summed E-state index contributed by atoms with van der Waals surface area (Å²) in [5, 5.41) is 1.11. The van der Waals surface area contributed by atoms with Gasteiger partial charge in [0.05, 0.1) is 18.2 Å². The van der Waals surface area contributed by atoms with E-state index in [2.05, 4.69) is 115 Å². The number of aliphatic imine (C=N–C) groups is 1. The van der Waals surface area contributed by atoms with Gasteiger partial charge in [0.1, 0.15) is 5.58 Å².